The maximum absolute atomic E-state index is 5.50. The van der Waals surface area contributed by atoms with Gasteiger partial charge in [-0.05, 0) is 31.7 Å². The van der Waals surface area contributed by atoms with Gasteiger partial charge in [0.25, 0.3) is 0 Å². The van der Waals surface area contributed by atoms with Gasteiger partial charge in [0.2, 0.25) is 0 Å². The first kappa shape index (κ1) is 15.7. The van der Waals surface area contributed by atoms with E-state index in [4.69, 9.17) is 14.7 Å². The van der Waals surface area contributed by atoms with Crippen molar-refractivity contribution in [2.45, 2.75) is 43.6 Å². The number of aromatic nitrogens is 4. The number of hydrogen-bond acceptors (Lipinski definition) is 7. The molecule has 1 saturated carbocycles. The molecule has 2 aliphatic heterocycles. The van der Waals surface area contributed by atoms with Crippen LogP contribution in [0.4, 0.5) is 5.82 Å². The third kappa shape index (κ3) is 2.54. The van der Waals surface area contributed by atoms with Gasteiger partial charge in [0, 0.05) is 43.6 Å². The van der Waals surface area contributed by atoms with Crippen LogP contribution in [-0.2, 0) is 4.74 Å². The molecule has 1 aliphatic carbocycles. The van der Waals surface area contributed by atoms with Crippen molar-refractivity contribution in [2.75, 3.05) is 18.2 Å². The first-order chi connectivity index (χ1) is 12.8. The minimum Gasteiger partial charge on any atom is -0.381 e. The predicted octanol–water partition coefficient (Wildman–Crippen LogP) is 0.580. The zero-order chi connectivity index (χ0) is 17.5. The molecule has 7 nitrogen and oxygen atoms in total. The monoisotopic (exact) mass is 350 g/mol. The normalized spacial score (nSPS) is 25.2. The van der Waals surface area contributed by atoms with Crippen molar-refractivity contribution < 1.29 is 4.74 Å². The van der Waals surface area contributed by atoms with Crippen molar-refractivity contribution in [3.63, 3.8) is 0 Å². The Morgan fingerprint density at radius 3 is 2.46 bits per heavy atom. The standard InChI is InChI=1S/C19H22N6O/c1-12-16-11-22-25(13-5-9-26-10-6-13)19(16)24-18(23-12)15-4-3-14(15)17-20-7-2-8-21-17/h2,7-8,11,13-15,22H,1,3-6,9-10H2/t14-,15?/m1/s1. The molecule has 1 unspecified atom stereocenters. The summed E-state index contributed by atoms with van der Waals surface area (Å²) in [6, 6.07) is 2.24. The number of ether oxygens (including phenoxy) is 1. The Kier molecular flexibility index (Phi) is 3.81. The van der Waals surface area contributed by atoms with Crippen molar-refractivity contribution in [2.24, 2.45) is 0 Å². The second-order valence-corrected chi connectivity index (χ2v) is 7.15. The van der Waals surface area contributed by atoms with Gasteiger partial charge in [0.05, 0.1) is 16.6 Å². The summed E-state index contributed by atoms with van der Waals surface area (Å²) in [5.41, 5.74) is 3.36. The van der Waals surface area contributed by atoms with Crippen LogP contribution in [0.25, 0.3) is 12.8 Å². The van der Waals surface area contributed by atoms with Crippen LogP contribution in [0.1, 0.15) is 49.2 Å². The number of anilines is 1. The van der Waals surface area contributed by atoms with Crippen LogP contribution in [0.15, 0.2) is 18.5 Å². The first-order valence-corrected chi connectivity index (χ1v) is 9.28. The molecular weight excluding hydrogens is 328 g/mol. The maximum Gasteiger partial charge on any atom is 0.160 e. The Bertz CT molecular complexity index is 912. The van der Waals surface area contributed by atoms with E-state index in [9.17, 15) is 0 Å². The lowest BCUT2D eigenvalue weighted by Gasteiger charge is -2.35. The van der Waals surface area contributed by atoms with Gasteiger partial charge < -0.3 is 10.2 Å². The minimum atomic E-state index is 0.264. The number of hydrazine groups is 1. The highest BCUT2D eigenvalue weighted by Gasteiger charge is 2.38. The molecule has 4 heterocycles. The predicted molar refractivity (Wildman–Crippen MR) is 97.5 cm³/mol. The molecule has 5 rings (SSSR count). The summed E-state index contributed by atoms with van der Waals surface area (Å²) >= 11 is 0. The fourth-order valence-electron chi connectivity index (χ4n) is 4.06. The molecule has 0 amide bonds. The van der Waals surface area contributed by atoms with Crippen LogP contribution in [0.2, 0.25) is 0 Å². The Balaban J connectivity index is 1.47. The van der Waals surface area contributed by atoms with E-state index in [-0.39, 0.29) is 5.92 Å². The number of fused-ring (bicyclic) bond motifs is 1. The summed E-state index contributed by atoms with van der Waals surface area (Å²) < 4.78 is 5.50. The number of nitrogens with zero attached hydrogens (tertiary/aromatic N) is 5. The number of rotatable bonds is 3. The van der Waals surface area contributed by atoms with E-state index in [0.29, 0.717) is 12.0 Å². The molecule has 26 heavy (non-hydrogen) atoms. The second-order valence-electron chi connectivity index (χ2n) is 7.15. The summed E-state index contributed by atoms with van der Waals surface area (Å²) in [6.07, 6.45) is 9.71. The smallest absolute Gasteiger partial charge is 0.160 e. The lowest BCUT2D eigenvalue weighted by molar-refractivity contribution is 0.0832. The van der Waals surface area contributed by atoms with Crippen LogP contribution >= 0.6 is 0 Å². The van der Waals surface area contributed by atoms with E-state index in [2.05, 4.69) is 27.0 Å². The summed E-state index contributed by atoms with van der Waals surface area (Å²) in [7, 11) is 0. The average molecular weight is 350 g/mol. The summed E-state index contributed by atoms with van der Waals surface area (Å²) in [5.74, 6) is 3.27. The SMILES string of the molecule is C=c1nc(C2CC[C@H]2c2ncccn2)nc2c1=CNN2C1CCOCC1. The third-order valence-electron chi connectivity index (χ3n) is 5.68. The maximum atomic E-state index is 5.50. The molecular formula is C19H22N6O. The molecule has 0 spiro atoms. The zero-order valence-electron chi connectivity index (χ0n) is 14.6. The summed E-state index contributed by atoms with van der Waals surface area (Å²) in [6.45, 7) is 5.76. The van der Waals surface area contributed by atoms with E-state index < -0.39 is 0 Å². The van der Waals surface area contributed by atoms with Gasteiger partial charge >= 0.3 is 0 Å². The van der Waals surface area contributed by atoms with E-state index in [0.717, 1.165) is 66.9 Å². The van der Waals surface area contributed by atoms with Crippen LogP contribution in [0.5, 0.6) is 0 Å². The van der Waals surface area contributed by atoms with Crippen LogP contribution in [-0.4, -0.2) is 39.2 Å². The largest absolute Gasteiger partial charge is 0.381 e. The van der Waals surface area contributed by atoms with Crippen molar-refractivity contribution in [3.05, 3.63) is 40.7 Å². The molecule has 7 heteroatoms. The molecule has 0 aromatic carbocycles. The summed E-state index contributed by atoms with van der Waals surface area (Å²) in [5, 5.41) is 3.95. The number of hydrogen-bond donors (Lipinski definition) is 1. The van der Waals surface area contributed by atoms with Gasteiger partial charge in [-0.25, -0.2) is 19.9 Å². The third-order valence-corrected chi connectivity index (χ3v) is 5.68. The van der Waals surface area contributed by atoms with Gasteiger partial charge in [-0.15, -0.1) is 0 Å². The Labute approximate surface area is 151 Å². The minimum absolute atomic E-state index is 0.264. The molecule has 2 fully saturated rings. The van der Waals surface area contributed by atoms with E-state index in [1.807, 2.05) is 12.3 Å². The van der Waals surface area contributed by atoms with Crippen LogP contribution in [0, 0.1) is 0 Å². The van der Waals surface area contributed by atoms with E-state index in [1.165, 1.54) is 0 Å². The fraction of sp³-hybridized carbons (Fsp3) is 0.474. The second kappa shape index (κ2) is 6.32. The fourth-order valence-corrected chi connectivity index (χ4v) is 4.06. The van der Waals surface area contributed by atoms with Crippen molar-refractivity contribution >= 4 is 18.6 Å². The molecule has 2 aromatic rings. The van der Waals surface area contributed by atoms with Gasteiger partial charge in [0.15, 0.2) is 5.82 Å². The molecule has 1 saturated heterocycles. The van der Waals surface area contributed by atoms with Crippen molar-refractivity contribution in [3.8, 4) is 0 Å². The van der Waals surface area contributed by atoms with Gasteiger partial charge in [-0.1, -0.05) is 6.58 Å². The lowest BCUT2D eigenvalue weighted by Crippen LogP contribution is -2.46. The number of nitrogens with one attached hydrogen (secondary N) is 1. The van der Waals surface area contributed by atoms with Gasteiger partial charge in [-0.2, -0.15) is 0 Å². The average Bonchev–Trinajstić information content (AvgIpc) is 3.07. The topological polar surface area (TPSA) is 76.1 Å². The first-order valence-electron chi connectivity index (χ1n) is 9.28. The van der Waals surface area contributed by atoms with Gasteiger partial charge in [-0.3, -0.25) is 5.01 Å². The molecule has 134 valence electrons. The molecule has 2 aromatic heterocycles. The molecule has 1 N–H and O–H groups in total. The van der Waals surface area contributed by atoms with E-state index >= 15 is 0 Å². The van der Waals surface area contributed by atoms with Crippen molar-refractivity contribution in [1.29, 1.82) is 0 Å². The Morgan fingerprint density at radius 2 is 1.73 bits per heavy atom. The summed E-state index contributed by atoms with van der Waals surface area (Å²) in [4.78, 5) is 18.5. The van der Waals surface area contributed by atoms with Gasteiger partial charge in [0.1, 0.15) is 11.6 Å². The molecule has 3 aliphatic rings. The molecule has 0 radical (unpaired) electrons. The Morgan fingerprint density at radius 1 is 1.00 bits per heavy atom. The van der Waals surface area contributed by atoms with Crippen molar-refractivity contribution in [1.82, 2.24) is 25.4 Å². The highest BCUT2D eigenvalue weighted by molar-refractivity contribution is 5.52. The molecule has 2 atom stereocenters. The highest BCUT2D eigenvalue weighted by Crippen LogP contribution is 2.46. The van der Waals surface area contributed by atoms with Crippen LogP contribution in [0.3, 0.4) is 0 Å². The van der Waals surface area contributed by atoms with E-state index in [1.54, 1.807) is 12.4 Å². The zero-order valence-corrected chi connectivity index (χ0v) is 14.6. The molecule has 0 bridgehead atoms. The quantitative estimate of drug-likeness (QED) is 0.868. The highest BCUT2D eigenvalue weighted by atomic mass is 16.5. The Hall–Kier alpha value is -2.54. The lowest BCUT2D eigenvalue weighted by atomic mass is 9.72. The van der Waals surface area contributed by atoms with Crippen LogP contribution < -0.4 is 21.0 Å².